The smallest absolute Gasteiger partial charge is 0.120 e. The standard InChI is InChI=1S/C15H16Br2N2O/c1-20-12-4-2-3-11(8-12)19-15(9-18)10-5-6-13(16)14(17)7-10/h2-8,15,19H,9,18H2,1H3. The Balaban J connectivity index is 2.21. The van der Waals surface area contributed by atoms with Crippen molar-refractivity contribution in [3.8, 4) is 5.75 Å². The van der Waals surface area contributed by atoms with E-state index in [1.807, 2.05) is 30.3 Å². The van der Waals surface area contributed by atoms with E-state index in [4.69, 9.17) is 10.5 Å². The molecule has 0 aliphatic rings. The Kier molecular flexibility index (Phi) is 5.46. The van der Waals surface area contributed by atoms with Crippen LogP contribution in [0.2, 0.25) is 0 Å². The van der Waals surface area contributed by atoms with Crippen molar-refractivity contribution in [2.45, 2.75) is 6.04 Å². The van der Waals surface area contributed by atoms with Gasteiger partial charge in [0.2, 0.25) is 0 Å². The molecule has 0 aliphatic heterocycles. The lowest BCUT2D eigenvalue weighted by molar-refractivity contribution is 0.415. The molecule has 5 heteroatoms. The maximum atomic E-state index is 5.89. The van der Waals surface area contributed by atoms with Gasteiger partial charge in [-0.15, -0.1) is 0 Å². The van der Waals surface area contributed by atoms with Crippen LogP contribution in [0, 0.1) is 0 Å². The molecule has 0 fully saturated rings. The van der Waals surface area contributed by atoms with Crippen LogP contribution in [0.15, 0.2) is 51.4 Å². The van der Waals surface area contributed by atoms with Gasteiger partial charge in [-0.25, -0.2) is 0 Å². The average Bonchev–Trinajstić information content (AvgIpc) is 2.48. The number of benzene rings is 2. The average molecular weight is 400 g/mol. The molecule has 1 atom stereocenters. The molecule has 106 valence electrons. The fourth-order valence-electron chi connectivity index (χ4n) is 1.92. The third-order valence-corrected chi connectivity index (χ3v) is 4.87. The van der Waals surface area contributed by atoms with Crippen molar-refractivity contribution in [3.63, 3.8) is 0 Å². The Morgan fingerprint density at radius 1 is 1.15 bits per heavy atom. The number of hydrogen-bond donors (Lipinski definition) is 2. The SMILES string of the molecule is COc1cccc(NC(CN)c2ccc(Br)c(Br)c2)c1. The molecule has 3 N–H and O–H groups in total. The summed E-state index contributed by atoms with van der Waals surface area (Å²) in [4.78, 5) is 0. The van der Waals surface area contributed by atoms with Crippen LogP contribution in [0.3, 0.4) is 0 Å². The highest BCUT2D eigenvalue weighted by atomic mass is 79.9. The summed E-state index contributed by atoms with van der Waals surface area (Å²) >= 11 is 6.99. The van der Waals surface area contributed by atoms with Crippen molar-refractivity contribution in [1.29, 1.82) is 0 Å². The predicted molar refractivity (Wildman–Crippen MR) is 90.3 cm³/mol. The molecule has 0 heterocycles. The number of nitrogens with one attached hydrogen (secondary N) is 1. The number of hydrogen-bond acceptors (Lipinski definition) is 3. The van der Waals surface area contributed by atoms with E-state index in [1.54, 1.807) is 7.11 Å². The first-order valence-corrected chi connectivity index (χ1v) is 7.78. The molecule has 0 aliphatic carbocycles. The molecule has 0 bridgehead atoms. The Labute approximate surface area is 135 Å². The minimum absolute atomic E-state index is 0.0477. The fraction of sp³-hybridized carbons (Fsp3) is 0.200. The molecular formula is C15H16Br2N2O. The molecule has 0 saturated heterocycles. The maximum absolute atomic E-state index is 5.89. The van der Waals surface area contributed by atoms with E-state index in [-0.39, 0.29) is 6.04 Å². The summed E-state index contributed by atoms with van der Waals surface area (Å²) in [6, 6.07) is 14.0. The molecule has 0 amide bonds. The third kappa shape index (κ3) is 3.75. The first-order valence-electron chi connectivity index (χ1n) is 6.19. The largest absolute Gasteiger partial charge is 0.497 e. The first kappa shape index (κ1) is 15.4. The zero-order chi connectivity index (χ0) is 14.5. The number of halogens is 2. The first-order chi connectivity index (χ1) is 9.63. The van der Waals surface area contributed by atoms with Crippen molar-refractivity contribution in [2.75, 3.05) is 19.0 Å². The van der Waals surface area contributed by atoms with E-state index >= 15 is 0 Å². The van der Waals surface area contributed by atoms with Gasteiger partial charge >= 0.3 is 0 Å². The Morgan fingerprint density at radius 3 is 2.60 bits per heavy atom. The second-order valence-corrected chi connectivity index (χ2v) is 6.05. The van der Waals surface area contributed by atoms with Crippen LogP contribution in [-0.4, -0.2) is 13.7 Å². The molecule has 20 heavy (non-hydrogen) atoms. The lowest BCUT2D eigenvalue weighted by Gasteiger charge is -2.19. The van der Waals surface area contributed by atoms with Gasteiger partial charge in [0.25, 0.3) is 0 Å². The van der Waals surface area contributed by atoms with Crippen LogP contribution in [0.5, 0.6) is 5.75 Å². The van der Waals surface area contributed by atoms with Crippen LogP contribution in [0.4, 0.5) is 5.69 Å². The van der Waals surface area contributed by atoms with E-state index in [0.29, 0.717) is 6.54 Å². The van der Waals surface area contributed by atoms with Crippen molar-refractivity contribution in [3.05, 3.63) is 57.0 Å². The van der Waals surface area contributed by atoms with Crippen molar-refractivity contribution in [1.82, 2.24) is 0 Å². The van der Waals surface area contributed by atoms with Crippen LogP contribution < -0.4 is 15.8 Å². The molecule has 2 aromatic rings. The summed E-state index contributed by atoms with van der Waals surface area (Å²) in [5.74, 6) is 0.822. The Hall–Kier alpha value is -1.04. The zero-order valence-electron chi connectivity index (χ0n) is 11.1. The van der Waals surface area contributed by atoms with Gasteiger partial charge in [0, 0.05) is 27.2 Å². The minimum atomic E-state index is 0.0477. The second kappa shape index (κ2) is 7.11. The van der Waals surface area contributed by atoms with Gasteiger partial charge < -0.3 is 15.8 Å². The van der Waals surface area contributed by atoms with Gasteiger partial charge in [0.15, 0.2) is 0 Å². The predicted octanol–water partition coefficient (Wildman–Crippen LogP) is 4.33. The molecule has 0 radical (unpaired) electrons. The highest BCUT2D eigenvalue weighted by Crippen LogP contribution is 2.28. The quantitative estimate of drug-likeness (QED) is 0.786. The highest BCUT2D eigenvalue weighted by molar-refractivity contribution is 9.13. The van der Waals surface area contributed by atoms with Gasteiger partial charge in [0.05, 0.1) is 13.2 Å². The summed E-state index contributed by atoms with van der Waals surface area (Å²) in [5.41, 5.74) is 8.01. The molecule has 0 spiro atoms. The van der Waals surface area contributed by atoms with Gasteiger partial charge in [-0.3, -0.25) is 0 Å². The number of ether oxygens (including phenoxy) is 1. The van der Waals surface area contributed by atoms with Crippen LogP contribution in [-0.2, 0) is 0 Å². The normalized spacial score (nSPS) is 12.0. The summed E-state index contributed by atoms with van der Waals surface area (Å²) < 4.78 is 7.27. The lowest BCUT2D eigenvalue weighted by atomic mass is 10.1. The molecular weight excluding hydrogens is 384 g/mol. The topological polar surface area (TPSA) is 47.3 Å². The van der Waals surface area contributed by atoms with Crippen molar-refractivity contribution >= 4 is 37.5 Å². The van der Waals surface area contributed by atoms with E-state index in [0.717, 1.165) is 25.9 Å². The van der Waals surface area contributed by atoms with E-state index in [2.05, 4.69) is 49.3 Å². The van der Waals surface area contributed by atoms with Gasteiger partial charge in [0.1, 0.15) is 5.75 Å². The molecule has 0 aromatic heterocycles. The summed E-state index contributed by atoms with van der Waals surface area (Å²) in [6.45, 7) is 0.505. The van der Waals surface area contributed by atoms with Gasteiger partial charge in [-0.2, -0.15) is 0 Å². The van der Waals surface area contributed by atoms with E-state index in [1.165, 1.54) is 0 Å². The van der Waals surface area contributed by atoms with E-state index < -0.39 is 0 Å². The lowest BCUT2D eigenvalue weighted by Crippen LogP contribution is -2.20. The number of rotatable bonds is 5. The molecule has 2 aromatic carbocycles. The summed E-state index contributed by atoms with van der Waals surface area (Å²) in [7, 11) is 1.66. The van der Waals surface area contributed by atoms with Crippen LogP contribution >= 0.6 is 31.9 Å². The second-order valence-electron chi connectivity index (χ2n) is 4.34. The Morgan fingerprint density at radius 2 is 1.95 bits per heavy atom. The molecule has 2 rings (SSSR count). The summed E-state index contributed by atoms with van der Waals surface area (Å²) in [5, 5.41) is 3.43. The number of nitrogens with two attached hydrogens (primary N) is 1. The third-order valence-electron chi connectivity index (χ3n) is 2.99. The minimum Gasteiger partial charge on any atom is -0.497 e. The summed E-state index contributed by atoms with van der Waals surface area (Å²) in [6.07, 6.45) is 0. The Bertz CT molecular complexity index is 590. The highest BCUT2D eigenvalue weighted by Gasteiger charge is 2.11. The molecule has 3 nitrogen and oxygen atoms in total. The van der Waals surface area contributed by atoms with Crippen LogP contribution in [0.25, 0.3) is 0 Å². The number of anilines is 1. The van der Waals surface area contributed by atoms with Crippen LogP contribution in [0.1, 0.15) is 11.6 Å². The number of methoxy groups -OCH3 is 1. The maximum Gasteiger partial charge on any atom is 0.120 e. The fourth-order valence-corrected chi connectivity index (χ4v) is 2.56. The van der Waals surface area contributed by atoms with Crippen molar-refractivity contribution < 1.29 is 4.74 Å². The molecule has 1 unspecified atom stereocenters. The van der Waals surface area contributed by atoms with Gasteiger partial charge in [-0.05, 0) is 61.7 Å². The molecule has 0 saturated carbocycles. The monoisotopic (exact) mass is 398 g/mol. The zero-order valence-corrected chi connectivity index (χ0v) is 14.2. The van der Waals surface area contributed by atoms with E-state index in [9.17, 15) is 0 Å². The van der Waals surface area contributed by atoms with Gasteiger partial charge in [-0.1, -0.05) is 12.1 Å². The van der Waals surface area contributed by atoms with Crippen molar-refractivity contribution in [2.24, 2.45) is 5.73 Å².